The van der Waals surface area contributed by atoms with E-state index in [0.717, 1.165) is 12.0 Å². The van der Waals surface area contributed by atoms with Gasteiger partial charge in [-0.25, -0.2) is 0 Å². The largest absolute Gasteiger partial charge is 0.314 e. The van der Waals surface area contributed by atoms with Crippen molar-refractivity contribution in [2.24, 2.45) is 5.92 Å². The lowest BCUT2D eigenvalue weighted by atomic mass is 9.97. The fourth-order valence-corrected chi connectivity index (χ4v) is 2.95. The first-order valence-electron chi connectivity index (χ1n) is 6.57. The number of hydrogen-bond acceptors (Lipinski definition) is 2. The normalized spacial score (nSPS) is 27.6. The molecule has 0 aliphatic heterocycles. The molecule has 90 valence electrons. The maximum absolute atomic E-state index is 3.76. The Hall–Kier alpha value is 0.310. The molecule has 0 aromatic heterocycles. The first-order chi connectivity index (χ1) is 7.34. The summed E-state index contributed by atoms with van der Waals surface area (Å²) >= 11 is 1.96. The summed E-state index contributed by atoms with van der Waals surface area (Å²) in [6.07, 6.45) is 12.1. The van der Waals surface area contributed by atoms with E-state index in [9.17, 15) is 0 Å². The molecule has 1 N–H and O–H groups in total. The average Bonchev–Trinajstić information content (AvgIpc) is 2.44. The standard InChI is InChI=1S/C13H27NS/c1-12-8-4-3-5-9-13(12)14-10-6-7-11-15-2/h12-14H,3-11H2,1-2H3. The van der Waals surface area contributed by atoms with Crippen LogP contribution in [0.1, 0.15) is 51.9 Å². The molecule has 0 aromatic rings. The lowest BCUT2D eigenvalue weighted by Crippen LogP contribution is -2.34. The smallest absolute Gasteiger partial charge is 0.00926 e. The highest BCUT2D eigenvalue weighted by atomic mass is 32.2. The molecule has 0 radical (unpaired) electrons. The fourth-order valence-electron chi connectivity index (χ4n) is 2.46. The highest BCUT2D eigenvalue weighted by molar-refractivity contribution is 7.98. The van der Waals surface area contributed by atoms with Crippen LogP contribution in [-0.2, 0) is 0 Å². The Morgan fingerprint density at radius 2 is 1.93 bits per heavy atom. The minimum absolute atomic E-state index is 0.807. The van der Waals surface area contributed by atoms with Crippen LogP contribution in [0, 0.1) is 5.92 Å². The first kappa shape index (κ1) is 13.4. The Bertz CT molecular complexity index is 149. The van der Waals surface area contributed by atoms with E-state index < -0.39 is 0 Å². The minimum atomic E-state index is 0.807. The van der Waals surface area contributed by atoms with Crippen molar-refractivity contribution in [3.8, 4) is 0 Å². The molecule has 1 saturated carbocycles. The van der Waals surface area contributed by atoms with Crippen LogP contribution in [0.5, 0.6) is 0 Å². The van der Waals surface area contributed by atoms with Gasteiger partial charge in [-0.05, 0) is 50.2 Å². The van der Waals surface area contributed by atoms with Gasteiger partial charge in [-0.3, -0.25) is 0 Å². The molecule has 1 aliphatic carbocycles. The monoisotopic (exact) mass is 229 g/mol. The Balaban J connectivity index is 2.07. The molecule has 0 saturated heterocycles. The lowest BCUT2D eigenvalue weighted by Gasteiger charge is -2.22. The lowest BCUT2D eigenvalue weighted by molar-refractivity contribution is 0.356. The number of hydrogen-bond donors (Lipinski definition) is 1. The van der Waals surface area contributed by atoms with Crippen LogP contribution in [0.2, 0.25) is 0 Å². The minimum Gasteiger partial charge on any atom is -0.314 e. The van der Waals surface area contributed by atoms with Crippen LogP contribution in [0.4, 0.5) is 0 Å². The van der Waals surface area contributed by atoms with Gasteiger partial charge in [0.05, 0.1) is 0 Å². The summed E-state index contributed by atoms with van der Waals surface area (Å²) in [5.41, 5.74) is 0. The summed E-state index contributed by atoms with van der Waals surface area (Å²) in [6.45, 7) is 3.65. The molecule has 15 heavy (non-hydrogen) atoms. The van der Waals surface area contributed by atoms with Crippen LogP contribution in [0.15, 0.2) is 0 Å². The second-order valence-electron chi connectivity index (χ2n) is 4.88. The van der Waals surface area contributed by atoms with Crippen LogP contribution in [0.25, 0.3) is 0 Å². The van der Waals surface area contributed by atoms with Crippen LogP contribution < -0.4 is 5.32 Å². The molecule has 0 heterocycles. The average molecular weight is 229 g/mol. The van der Waals surface area contributed by atoms with E-state index in [1.165, 1.54) is 57.2 Å². The number of nitrogens with one attached hydrogen (secondary N) is 1. The van der Waals surface area contributed by atoms with E-state index in [-0.39, 0.29) is 0 Å². The molecule has 2 atom stereocenters. The van der Waals surface area contributed by atoms with Crippen molar-refractivity contribution in [2.75, 3.05) is 18.6 Å². The maximum Gasteiger partial charge on any atom is 0.00926 e. The quantitative estimate of drug-likeness (QED) is 0.551. The van der Waals surface area contributed by atoms with Crippen molar-refractivity contribution in [3.63, 3.8) is 0 Å². The first-order valence-corrected chi connectivity index (χ1v) is 7.96. The van der Waals surface area contributed by atoms with Gasteiger partial charge < -0.3 is 5.32 Å². The van der Waals surface area contributed by atoms with Crippen molar-refractivity contribution in [1.29, 1.82) is 0 Å². The van der Waals surface area contributed by atoms with Gasteiger partial charge in [0, 0.05) is 6.04 Å². The van der Waals surface area contributed by atoms with E-state index in [1.54, 1.807) is 0 Å². The number of thioether (sulfide) groups is 1. The highest BCUT2D eigenvalue weighted by Crippen LogP contribution is 2.22. The Labute approximate surface area is 99.8 Å². The third-order valence-electron chi connectivity index (χ3n) is 3.54. The second kappa shape index (κ2) is 8.46. The van der Waals surface area contributed by atoms with Gasteiger partial charge in [0.25, 0.3) is 0 Å². The van der Waals surface area contributed by atoms with Crippen LogP contribution in [-0.4, -0.2) is 24.6 Å². The number of rotatable bonds is 6. The van der Waals surface area contributed by atoms with Gasteiger partial charge in [0.15, 0.2) is 0 Å². The Kier molecular flexibility index (Phi) is 7.54. The zero-order valence-corrected chi connectivity index (χ0v) is 11.2. The molecule has 0 spiro atoms. The topological polar surface area (TPSA) is 12.0 Å². The van der Waals surface area contributed by atoms with Crippen LogP contribution >= 0.6 is 11.8 Å². The zero-order chi connectivity index (χ0) is 10.9. The predicted molar refractivity (Wildman–Crippen MR) is 71.7 cm³/mol. The Morgan fingerprint density at radius 1 is 1.13 bits per heavy atom. The molecule has 1 rings (SSSR count). The predicted octanol–water partition coefficient (Wildman–Crippen LogP) is 3.69. The van der Waals surface area contributed by atoms with Crippen molar-refractivity contribution in [3.05, 3.63) is 0 Å². The van der Waals surface area contributed by atoms with E-state index in [1.807, 2.05) is 11.8 Å². The van der Waals surface area contributed by atoms with Crippen molar-refractivity contribution < 1.29 is 0 Å². The molecule has 2 heteroatoms. The van der Waals surface area contributed by atoms with Gasteiger partial charge in [-0.2, -0.15) is 11.8 Å². The van der Waals surface area contributed by atoms with E-state index in [4.69, 9.17) is 0 Å². The molecular formula is C13H27NS. The summed E-state index contributed by atoms with van der Waals surface area (Å²) < 4.78 is 0. The SMILES string of the molecule is CSCCCCNC1CCCCCC1C. The number of unbranched alkanes of at least 4 members (excludes halogenated alkanes) is 1. The zero-order valence-electron chi connectivity index (χ0n) is 10.4. The highest BCUT2D eigenvalue weighted by Gasteiger charge is 2.18. The van der Waals surface area contributed by atoms with E-state index >= 15 is 0 Å². The van der Waals surface area contributed by atoms with Gasteiger partial charge in [-0.15, -0.1) is 0 Å². The van der Waals surface area contributed by atoms with Gasteiger partial charge >= 0.3 is 0 Å². The van der Waals surface area contributed by atoms with E-state index in [0.29, 0.717) is 0 Å². The second-order valence-corrected chi connectivity index (χ2v) is 5.86. The third-order valence-corrected chi connectivity index (χ3v) is 4.24. The van der Waals surface area contributed by atoms with Crippen molar-refractivity contribution >= 4 is 11.8 Å². The summed E-state index contributed by atoms with van der Waals surface area (Å²) in [6, 6.07) is 0.807. The molecule has 1 fully saturated rings. The molecule has 1 aliphatic rings. The maximum atomic E-state index is 3.76. The summed E-state index contributed by atoms with van der Waals surface area (Å²) in [5.74, 6) is 2.22. The van der Waals surface area contributed by atoms with Gasteiger partial charge in [-0.1, -0.05) is 26.2 Å². The third kappa shape index (κ3) is 5.82. The molecule has 0 aromatic carbocycles. The van der Waals surface area contributed by atoms with E-state index in [2.05, 4.69) is 18.5 Å². The molecule has 0 amide bonds. The van der Waals surface area contributed by atoms with Gasteiger partial charge in [0.2, 0.25) is 0 Å². The Morgan fingerprint density at radius 3 is 2.73 bits per heavy atom. The van der Waals surface area contributed by atoms with Crippen molar-refractivity contribution in [2.45, 2.75) is 57.9 Å². The molecule has 1 nitrogen and oxygen atoms in total. The molecule has 0 bridgehead atoms. The molecule has 2 unspecified atom stereocenters. The fraction of sp³-hybridized carbons (Fsp3) is 1.00. The van der Waals surface area contributed by atoms with Crippen molar-refractivity contribution in [1.82, 2.24) is 5.32 Å². The summed E-state index contributed by atoms with van der Waals surface area (Å²) in [7, 11) is 0. The van der Waals surface area contributed by atoms with Crippen LogP contribution in [0.3, 0.4) is 0 Å². The van der Waals surface area contributed by atoms with Gasteiger partial charge in [0.1, 0.15) is 0 Å². The molecular weight excluding hydrogens is 202 g/mol. The summed E-state index contributed by atoms with van der Waals surface area (Å²) in [5, 5.41) is 3.76. The summed E-state index contributed by atoms with van der Waals surface area (Å²) in [4.78, 5) is 0.